The molecule has 0 aliphatic rings. The van der Waals surface area contributed by atoms with E-state index in [1.165, 1.54) is 22.3 Å². The average molecular weight is 267 g/mol. The number of rotatable bonds is 5. The van der Waals surface area contributed by atoms with Gasteiger partial charge in [-0.2, -0.15) is 0 Å². The van der Waals surface area contributed by atoms with Crippen molar-refractivity contribution in [3.8, 4) is 11.1 Å². The van der Waals surface area contributed by atoms with Gasteiger partial charge in [-0.15, -0.1) is 0 Å². The quantitative estimate of drug-likeness (QED) is 0.790. The first-order chi connectivity index (χ1) is 9.65. The summed E-state index contributed by atoms with van der Waals surface area (Å²) in [5.41, 5.74) is 5.33. The molecule has 1 unspecified atom stereocenters. The van der Waals surface area contributed by atoms with Gasteiger partial charge in [0.2, 0.25) is 0 Å². The SMILES string of the molecule is CCC(NC)c1ccc(-c2ccc(C(C)C)cc2)cc1. The predicted octanol–water partition coefficient (Wildman–Crippen LogP) is 5.15. The minimum atomic E-state index is 0.451. The van der Waals surface area contributed by atoms with E-state index in [0.29, 0.717) is 12.0 Å². The summed E-state index contributed by atoms with van der Waals surface area (Å²) in [7, 11) is 2.02. The van der Waals surface area contributed by atoms with E-state index in [1.807, 2.05) is 7.05 Å². The predicted molar refractivity (Wildman–Crippen MR) is 88.1 cm³/mol. The van der Waals surface area contributed by atoms with Crippen molar-refractivity contribution in [1.29, 1.82) is 0 Å². The summed E-state index contributed by atoms with van der Waals surface area (Å²) in [6, 6.07) is 18.3. The van der Waals surface area contributed by atoms with E-state index in [4.69, 9.17) is 0 Å². The molecule has 0 aliphatic heterocycles. The Morgan fingerprint density at radius 2 is 1.25 bits per heavy atom. The molecule has 1 nitrogen and oxygen atoms in total. The van der Waals surface area contributed by atoms with Crippen LogP contribution < -0.4 is 5.32 Å². The van der Waals surface area contributed by atoms with Gasteiger partial charge in [0.05, 0.1) is 0 Å². The lowest BCUT2D eigenvalue weighted by molar-refractivity contribution is 0.577. The van der Waals surface area contributed by atoms with Crippen molar-refractivity contribution in [3.05, 3.63) is 59.7 Å². The maximum absolute atomic E-state index is 3.35. The van der Waals surface area contributed by atoms with Crippen molar-refractivity contribution in [2.45, 2.75) is 39.2 Å². The third-order valence-electron chi connectivity index (χ3n) is 3.98. The van der Waals surface area contributed by atoms with Gasteiger partial charge in [0.15, 0.2) is 0 Å². The van der Waals surface area contributed by atoms with Crippen molar-refractivity contribution < 1.29 is 0 Å². The van der Waals surface area contributed by atoms with E-state index in [-0.39, 0.29) is 0 Å². The lowest BCUT2D eigenvalue weighted by atomic mass is 9.97. The van der Waals surface area contributed by atoms with Gasteiger partial charge >= 0.3 is 0 Å². The molecule has 0 amide bonds. The highest BCUT2D eigenvalue weighted by Gasteiger charge is 2.06. The summed E-state index contributed by atoms with van der Waals surface area (Å²) < 4.78 is 0. The Bertz CT molecular complexity index is 519. The fourth-order valence-corrected chi connectivity index (χ4v) is 2.57. The topological polar surface area (TPSA) is 12.0 Å². The molecule has 0 aliphatic carbocycles. The van der Waals surface area contributed by atoms with Crippen LogP contribution >= 0.6 is 0 Å². The summed E-state index contributed by atoms with van der Waals surface area (Å²) in [6.07, 6.45) is 1.11. The second-order valence-electron chi connectivity index (χ2n) is 5.65. The van der Waals surface area contributed by atoms with Gasteiger partial charge < -0.3 is 5.32 Å². The molecular weight excluding hydrogens is 242 g/mol. The Morgan fingerprint density at radius 3 is 1.60 bits per heavy atom. The summed E-state index contributed by atoms with van der Waals surface area (Å²) in [6.45, 7) is 6.67. The first-order valence-corrected chi connectivity index (χ1v) is 7.53. The summed E-state index contributed by atoms with van der Waals surface area (Å²) in [5, 5.41) is 3.35. The molecule has 0 saturated carbocycles. The van der Waals surface area contributed by atoms with Gasteiger partial charge in [0, 0.05) is 6.04 Å². The van der Waals surface area contributed by atoms with Gasteiger partial charge in [-0.3, -0.25) is 0 Å². The van der Waals surface area contributed by atoms with E-state index in [1.54, 1.807) is 0 Å². The first-order valence-electron chi connectivity index (χ1n) is 7.53. The monoisotopic (exact) mass is 267 g/mol. The normalized spacial score (nSPS) is 12.7. The molecular formula is C19H25N. The second kappa shape index (κ2) is 6.71. The molecule has 2 aromatic rings. The van der Waals surface area contributed by atoms with E-state index in [9.17, 15) is 0 Å². The summed E-state index contributed by atoms with van der Waals surface area (Å²) in [5.74, 6) is 0.590. The highest BCUT2D eigenvalue weighted by atomic mass is 14.9. The van der Waals surface area contributed by atoms with E-state index < -0.39 is 0 Å². The third-order valence-corrected chi connectivity index (χ3v) is 3.98. The van der Waals surface area contributed by atoms with Crippen molar-refractivity contribution >= 4 is 0 Å². The van der Waals surface area contributed by atoms with E-state index in [2.05, 4.69) is 74.6 Å². The standard InChI is InChI=1S/C19H25N/c1-5-19(20-4)18-12-10-17(11-13-18)16-8-6-15(7-9-16)14(2)3/h6-14,19-20H,5H2,1-4H3. The van der Waals surface area contributed by atoms with Crippen LogP contribution in [0, 0.1) is 0 Å². The third kappa shape index (κ3) is 3.29. The van der Waals surface area contributed by atoms with Crippen LogP contribution in [0.5, 0.6) is 0 Å². The van der Waals surface area contributed by atoms with Crippen LogP contribution in [0.3, 0.4) is 0 Å². The van der Waals surface area contributed by atoms with Gasteiger partial charge in [0.25, 0.3) is 0 Å². The lowest BCUT2D eigenvalue weighted by Crippen LogP contribution is -2.14. The van der Waals surface area contributed by atoms with Crippen molar-refractivity contribution in [2.24, 2.45) is 0 Å². The van der Waals surface area contributed by atoms with Crippen LogP contribution in [-0.2, 0) is 0 Å². The molecule has 0 saturated heterocycles. The van der Waals surface area contributed by atoms with Crippen molar-refractivity contribution in [1.82, 2.24) is 5.32 Å². The van der Waals surface area contributed by atoms with Gasteiger partial charge in [-0.25, -0.2) is 0 Å². The van der Waals surface area contributed by atoms with Gasteiger partial charge in [-0.1, -0.05) is 69.3 Å². The zero-order valence-corrected chi connectivity index (χ0v) is 13.0. The molecule has 2 rings (SSSR count). The highest BCUT2D eigenvalue weighted by Crippen LogP contribution is 2.25. The van der Waals surface area contributed by atoms with Crippen LogP contribution in [0.15, 0.2) is 48.5 Å². The van der Waals surface area contributed by atoms with Crippen LogP contribution in [-0.4, -0.2) is 7.05 Å². The molecule has 20 heavy (non-hydrogen) atoms. The molecule has 0 heterocycles. The Kier molecular flexibility index (Phi) is 4.97. The fraction of sp³-hybridized carbons (Fsp3) is 0.368. The van der Waals surface area contributed by atoms with Crippen molar-refractivity contribution in [3.63, 3.8) is 0 Å². The maximum Gasteiger partial charge on any atom is 0.0314 e. The highest BCUT2D eigenvalue weighted by molar-refractivity contribution is 5.64. The lowest BCUT2D eigenvalue weighted by Gasteiger charge is -2.15. The molecule has 0 spiro atoms. The zero-order chi connectivity index (χ0) is 14.5. The number of benzene rings is 2. The largest absolute Gasteiger partial charge is 0.313 e. The first kappa shape index (κ1) is 14.8. The van der Waals surface area contributed by atoms with Crippen LogP contribution in [0.4, 0.5) is 0 Å². The zero-order valence-electron chi connectivity index (χ0n) is 13.0. The Labute approximate surface area is 123 Å². The van der Waals surface area contributed by atoms with Gasteiger partial charge in [-0.05, 0) is 41.6 Å². The van der Waals surface area contributed by atoms with Crippen LogP contribution in [0.2, 0.25) is 0 Å². The molecule has 0 bridgehead atoms. The van der Waals surface area contributed by atoms with E-state index in [0.717, 1.165) is 6.42 Å². The molecule has 0 radical (unpaired) electrons. The molecule has 0 aromatic heterocycles. The van der Waals surface area contributed by atoms with Gasteiger partial charge in [0.1, 0.15) is 0 Å². The summed E-state index contributed by atoms with van der Waals surface area (Å²) in [4.78, 5) is 0. The molecule has 0 fully saturated rings. The van der Waals surface area contributed by atoms with Crippen LogP contribution in [0.25, 0.3) is 11.1 Å². The number of hydrogen-bond acceptors (Lipinski definition) is 1. The minimum Gasteiger partial charge on any atom is -0.313 e. The maximum atomic E-state index is 3.35. The number of nitrogens with one attached hydrogen (secondary N) is 1. The second-order valence-corrected chi connectivity index (χ2v) is 5.65. The molecule has 2 aromatic carbocycles. The summed E-state index contributed by atoms with van der Waals surface area (Å²) >= 11 is 0. The molecule has 1 N–H and O–H groups in total. The minimum absolute atomic E-state index is 0.451. The Balaban J connectivity index is 2.21. The fourth-order valence-electron chi connectivity index (χ4n) is 2.57. The van der Waals surface area contributed by atoms with Crippen LogP contribution in [0.1, 0.15) is 50.3 Å². The molecule has 106 valence electrons. The molecule has 1 atom stereocenters. The smallest absolute Gasteiger partial charge is 0.0314 e. The number of hydrogen-bond donors (Lipinski definition) is 1. The Morgan fingerprint density at radius 1 is 0.800 bits per heavy atom. The Hall–Kier alpha value is -1.60. The van der Waals surface area contributed by atoms with E-state index >= 15 is 0 Å². The van der Waals surface area contributed by atoms with Crippen molar-refractivity contribution in [2.75, 3.05) is 7.05 Å². The molecule has 1 heteroatoms. The average Bonchev–Trinajstić information content (AvgIpc) is 2.49.